The van der Waals surface area contributed by atoms with Gasteiger partial charge in [-0.3, -0.25) is 19.7 Å². The summed E-state index contributed by atoms with van der Waals surface area (Å²) in [5.41, 5.74) is 1.94. The highest BCUT2D eigenvalue weighted by Crippen LogP contribution is 2.15. The number of rotatable bonds is 7. The number of nitro groups is 1. The Bertz CT molecular complexity index is 812. The summed E-state index contributed by atoms with van der Waals surface area (Å²) in [6.45, 7) is 1.93. The number of nitrogens with zero attached hydrogens (tertiary/aromatic N) is 1. The van der Waals surface area contributed by atoms with E-state index in [1.807, 2.05) is 6.92 Å². The van der Waals surface area contributed by atoms with Crippen molar-refractivity contribution in [2.75, 3.05) is 10.6 Å². The van der Waals surface area contributed by atoms with Gasteiger partial charge in [-0.2, -0.15) is 0 Å². The first-order valence-electron chi connectivity index (χ1n) is 8.11. The molecule has 0 fully saturated rings. The van der Waals surface area contributed by atoms with Gasteiger partial charge in [-0.05, 0) is 54.5 Å². The lowest BCUT2D eigenvalue weighted by molar-refractivity contribution is -0.384. The molecule has 7 heteroatoms. The third kappa shape index (κ3) is 5.86. The van der Waals surface area contributed by atoms with E-state index in [9.17, 15) is 19.7 Å². The zero-order valence-corrected chi connectivity index (χ0v) is 14.3. The molecule has 0 saturated heterocycles. The number of hydrogen-bond acceptors (Lipinski definition) is 4. The Morgan fingerprint density at radius 2 is 1.58 bits per heavy atom. The third-order valence-corrected chi connectivity index (χ3v) is 3.44. The van der Waals surface area contributed by atoms with E-state index in [4.69, 9.17) is 0 Å². The van der Waals surface area contributed by atoms with Crippen molar-refractivity contribution in [3.8, 4) is 0 Å². The van der Waals surface area contributed by atoms with E-state index in [1.54, 1.807) is 42.5 Å². The van der Waals surface area contributed by atoms with Gasteiger partial charge in [0.2, 0.25) is 11.8 Å². The highest BCUT2D eigenvalue weighted by atomic mass is 16.6. The second kappa shape index (κ2) is 9.12. The summed E-state index contributed by atoms with van der Waals surface area (Å²) in [5, 5.41) is 16.1. The minimum Gasteiger partial charge on any atom is -0.326 e. The van der Waals surface area contributed by atoms with Gasteiger partial charge in [-0.15, -0.1) is 0 Å². The van der Waals surface area contributed by atoms with Crippen LogP contribution < -0.4 is 10.6 Å². The molecule has 0 aliphatic carbocycles. The van der Waals surface area contributed by atoms with Gasteiger partial charge in [0.15, 0.2) is 0 Å². The number of nitro benzene ring substituents is 1. The van der Waals surface area contributed by atoms with Crippen LogP contribution in [0.4, 0.5) is 17.1 Å². The van der Waals surface area contributed by atoms with Crippen molar-refractivity contribution >= 4 is 35.0 Å². The molecule has 26 heavy (non-hydrogen) atoms. The van der Waals surface area contributed by atoms with E-state index in [2.05, 4.69) is 10.6 Å². The van der Waals surface area contributed by atoms with Crippen molar-refractivity contribution in [3.63, 3.8) is 0 Å². The van der Waals surface area contributed by atoms with E-state index in [-0.39, 0.29) is 17.5 Å². The molecular weight excluding hydrogens is 334 g/mol. The molecular formula is C19H19N3O4. The fraction of sp³-hybridized carbons (Fsp3) is 0.158. The summed E-state index contributed by atoms with van der Waals surface area (Å²) in [5.74, 6) is -0.374. The van der Waals surface area contributed by atoms with E-state index < -0.39 is 4.92 Å². The molecule has 0 atom stereocenters. The standard InChI is InChI=1S/C19H19N3O4/c1-2-3-18(23)20-15-7-9-16(10-8-15)21-19(24)13-6-14-4-11-17(12-5-14)22(25)26/h4-13H,2-3H2,1H3,(H,20,23)(H,21,24)/b13-6+. The Balaban J connectivity index is 1.90. The monoisotopic (exact) mass is 353 g/mol. The highest BCUT2D eigenvalue weighted by Gasteiger charge is 2.04. The molecule has 134 valence electrons. The summed E-state index contributed by atoms with van der Waals surface area (Å²) >= 11 is 0. The van der Waals surface area contributed by atoms with Crippen LogP contribution in [0.1, 0.15) is 25.3 Å². The molecule has 2 N–H and O–H groups in total. The smallest absolute Gasteiger partial charge is 0.269 e. The number of amides is 2. The van der Waals surface area contributed by atoms with Crippen molar-refractivity contribution in [1.82, 2.24) is 0 Å². The number of nitrogens with one attached hydrogen (secondary N) is 2. The van der Waals surface area contributed by atoms with Crippen LogP contribution in [0.5, 0.6) is 0 Å². The van der Waals surface area contributed by atoms with Crippen molar-refractivity contribution in [3.05, 3.63) is 70.3 Å². The van der Waals surface area contributed by atoms with Crippen LogP contribution in [-0.2, 0) is 9.59 Å². The molecule has 0 bridgehead atoms. The summed E-state index contributed by atoms with van der Waals surface area (Å²) in [6, 6.07) is 12.7. The molecule has 0 heterocycles. The largest absolute Gasteiger partial charge is 0.326 e. The van der Waals surface area contributed by atoms with Crippen LogP contribution in [0, 0.1) is 10.1 Å². The fourth-order valence-electron chi connectivity index (χ4n) is 2.15. The summed E-state index contributed by atoms with van der Waals surface area (Å²) in [4.78, 5) is 33.6. The van der Waals surface area contributed by atoms with Gasteiger partial charge in [0.05, 0.1) is 4.92 Å². The van der Waals surface area contributed by atoms with Gasteiger partial charge in [0, 0.05) is 36.0 Å². The zero-order chi connectivity index (χ0) is 18.9. The summed E-state index contributed by atoms with van der Waals surface area (Å²) < 4.78 is 0. The van der Waals surface area contributed by atoms with Crippen molar-refractivity contribution in [2.45, 2.75) is 19.8 Å². The predicted octanol–water partition coefficient (Wildman–Crippen LogP) is 3.99. The van der Waals surface area contributed by atoms with Crippen LogP contribution in [0.3, 0.4) is 0 Å². The number of carbonyl (C=O) groups is 2. The number of anilines is 2. The molecule has 0 radical (unpaired) electrons. The average Bonchev–Trinajstić information content (AvgIpc) is 2.62. The molecule has 2 amide bonds. The van der Waals surface area contributed by atoms with Gasteiger partial charge < -0.3 is 10.6 Å². The van der Waals surface area contributed by atoms with Gasteiger partial charge in [-0.1, -0.05) is 6.92 Å². The molecule has 2 rings (SSSR count). The lowest BCUT2D eigenvalue weighted by Crippen LogP contribution is -2.11. The number of benzene rings is 2. The van der Waals surface area contributed by atoms with E-state index in [1.165, 1.54) is 18.2 Å². The molecule has 0 aliphatic heterocycles. The topological polar surface area (TPSA) is 101 Å². The van der Waals surface area contributed by atoms with Crippen LogP contribution in [0.25, 0.3) is 6.08 Å². The van der Waals surface area contributed by atoms with Gasteiger partial charge in [-0.25, -0.2) is 0 Å². The molecule has 2 aromatic rings. The van der Waals surface area contributed by atoms with E-state index in [0.29, 0.717) is 23.4 Å². The maximum absolute atomic E-state index is 11.9. The second-order valence-corrected chi connectivity index (χ2v) is 5.55. The minimum atomic E-state index is -0.478. The zero-order valence-electron chi connectivity index (χ0n) is 14.3. The first-order chi connectivity index (χ1) is 12.5. The molecule has 0 spiro atoms. The van der Waals surface area contributed by atoms with Crippen LogP contribution in [0.2, 0.25) is 0 Å². The molecule has 0 saturated carbocycles. The van der Waals surface area contributed by atoms with Crippen LogP contribution in [0.15, 0.2) is 54.6 Å². The quantitative estimate of drug-likeness (QED) is 0.446. The van der Waals surface area contributed by atoms with Crippen LogP contribution in [-0.4, -0.2) is 16.7 Å². The van der Waals surface area contributed by atoms with Gasteiger partial charge in [0.25, 0.3) is 5.69 Å². The van der Waals surface area contributed by atoms with Crippen LogP contribution >= 0.6 is 0 Å². The second-order valence-electron chi connectivity index (χ2n) is 5.55. The number of carbonyl (C=O) groups excluding carboxylic acids is 2. The third-order valence-electron chi connectivity index (χ3n) is 3.44. The van der Waals surface area contributed by atoms with Crippen molar-refractivity contribution in [1.29, 1.82) is 0 Å². The first kappa shape index (κ1) is 18.9. The minimum absolute atomic E-state index is 0.00211. The van der Waals surface area contributed by atoms with Gasteiger partial charge >= 0.3 is 0 Å². The number of hydrogen-bond donors (Lipinski definition) is 2. The van der Waals surface area contributed by atoms with Crippen molar-refractivity contribution in [2.24, 2.45) is 0 Å². The normalized spacial score (nSPS) is 10.5. The molecule has 0 aliphatic rings. The number of non-ortho nitro benzene ring substituents is 1. The van der Waals surface area contributed by atoms with Gasteiger partial charge in [0.1, 0.15) is 0 Å². The predicted molar refractivity (Wildman–Crippen MR) is 101 cm³/mol. The highest BCUT2D eigenvalue weighted by molar-refractivity contribution is 6.02. The molecule has 7 nitrogen and oxygen atoms in total. The fourth-order valence-corrected chi connectivity index (χ4v) is 2.15. The Kier molecular flexibility index (Phi) is 6.61. The summed E-state index contributed by atoms with van der Waals surface area (Å²) in [6.07, 6.45) is 4.16. The van der Waals surface area contributed by atoms with E-state index in [0.717, 1.165) is 6.42 Å². The lowest BCUT2D eigenvalue weighted by Gasteiger charge is -2.06. The molecule has 0 unspecified atom stereocenters. The Hall–Kier alpha value is -3.48. The lowest BCUT2D eigenvalue weighted by atomic mass is 10.2. The average molecular weight is 353 g/mol. The maximum atomic E-state index is 11.9. The van der Waals surface area contributed by atoms with Crippen molar-refractivity contribution < 1.29 is 14.5 Å². The Morgan fingerprint density at radius 1 is 1.00 bits per heavy atom. The molecule has 2 aromatic carbocycles. The summed E-state index contributed by atoms with van der Waals surface area (Å²) in [7, 11) is 0. The Labute approximate surface area is 150 Å². The Morgan fingerprint density at radius 3 is 2.12 bits per heavy atom. The first-order valence-corrected chi connectivity index (χ1v) is 8.11. The van der Waals surface area contributed by atoms with E-state index >= 15 is 0 Å². The SMILES string of the molecule is CCCC(=O)Nc1ccc(NC(=O)/C=C/c2ccc([N+](=O)[O-])cc2)cc1. The maximum Gasteiger partial charge on any atom is 0.269 e. The molecule has 0 aromatic heterocycles.